The van der Waals surface area contributed by atoms with Gasteiger partial charge in [-0.1, -0.05) is 96.8 Å². The van der Waals surface area contributed by atoms with Gasteiger partial charge in [-0.15, -0.1) is 0 Å². The van der Waals surface area contributed by atoms with Gasteiger partial charge in [-0.25, -0.2) is 0 Å². The Balaban J connectivity index is 0. The van der Waals surface area contributed by atoms with Crippen LogP contribution in [0.25, 0.3) is 0 Å². The Kier molecular flexibility index (Phi) is 36.6. The van der Waals surface area contributed by atoms with Crippen LogP contribution in [-0.2, 0) is 23.1 Å². The van der Waals surface area contributed by atoms with E-state index in [0.29, 0.717) is 6.42 Å². The molecule has 0 saturated carbocycles. The fourth-order valence-corrected chi connectivity index (χ4v) is 5.05. The van der Waals surface area contributed by atoms with Crippen LogP contribution in [0.2, 0.25) is 5.02 Å². The first-order chi connectivity index (χ1) is 16.2. The molecule has 0 unspecified atom stereocenters. The Morgan fingerprint density at radius 2 is 0.697 bits per heavy atom. The maximum atomic E-state index is 10.3. The van der Waals surface area contributed by atoms with Gasteiger partial charge in [0.2, 0.25) is 0 Å². The normalized spacial score (nSPS) is 10.8. The van der Waals surface area contributed by atoms with E-state index in [2.05, 4.69) is 13.8 Å². The number of hydrogen-bond acceptors (Lipinski definition) is 1. The number of unbranched alkanes of at least 4 members (excludes halogenated alkanes) is 23. The summed E-state index contributed by atoms with van der Waals surface area (Å²) in [5.41, 5.74) is 0. The van der Waals surface area contributed by atoms with E-state index < -0.39 is 5.97 Å². The van der Waals surface area contributed by atoms with Crippen molar-refractivity contribution in [1.82, 2.24) is 0 Å². The SMILES string of the molecule is CCCCCCCCCCCCCCCCCC(=O)O.CCCCCCCCCCC[CH2][Zn]. The van der Waals surface area contributed by atoms with Gasteiger partial charge in [0, 0.05) is 6.42 Å². The summed E-state index contributed by atoms with van der Waals surface area (Å²) in [5.74, 6) is -0.653. The minimum absolute atomic E-state index is 0.345. The first kappa shape index (κ1) is 35.3. The second-order valence-corrected chi connectivity index (χ2v) is 11.6. The molecule has 0 aliphatic heterocycles. The standard InChI is InChI=1S/C18H36O2.C12H25.Zn/c1-2-3-4-5-6-7-8-9-10-11-12-13-14-15-16-17-18(19)20;1-3-5-7-9-11-12-10-8-6-4-2;/h2-17H2,1H3,(H,19,20);1,3-12H2,2H3;. The van der Waals surface area contributed by atoms with Crippen molar-refractivity contribution in [2.45, 2.75) is 186 Å². The molecular formula is C30H61O2Zn. The molecular weight excluding hydrogens is 458 g/mol. The predicted molar refractivity (Wildman–Crippen MR) is 144 cm³/mol. The fourth-order valence-electron chi connectivity index (χ4n) is 4.31. The number of carboxylic acids is 1. The molecule has 0 radical (unpaired) electrons. The molecule has 0 aliphatic rings. The zero-order valence-electron chi connectivity index (χ0n) is 23.2. The third kappa shape index (κ3) is 39.6. The molecule has 1 N–H and O–H groups in total. The predicted octanol–water partition coefficient (Wildman–Crippen LogP) is 11.2. The summed E-state index contributed by atoms with van der Waals surface area (Å²) in [4.78, 5) is 10.3. The number of rotatable bonds is 26. The average Bonchev–Trinajstić information content (AvgIpc) is 2.81. The maximum absolute atomic E-state index is 10.3. The molecule has 0 aromatic carbocycles. The van der Waals surface area contributed by atoms with Crippen molar-refractivity contribution >= 4 is 5.97 Å². The number of aliphatic carboxylic acids is 1. The Hall–Kier alpha value is 0.0934. The summed E-state index contributed by atoms with van der Waals surface area (Å²) in [6, 6.07) is 0. The van der Waals surface area contributed by atoms with Gasteiger partial charge in [0.05, 0.1) is 0 Å². The van der Waals surface area contributed by atoms with Crippen LogP contribution in [0.1, 0.15) is 181 Å². The first-order valence-electron chi connectivity index (χ1n) is 15.2. The van der Waals surface area contributed by atoms with Crippen molar-refractivity contribution in [3.8, 4) is 0 Å². The Labute approximate surface area is 219 Å². The van der Waals surface area contributed by atoms with E-state index in [-0.39, 0.29) is 0 Å². The van der Waals surface area contributed by atoms with E-state index in [4.69, 9.17) is 5.11 Å². The van der Waals surface area contributed by atoms with Crippen LogP contribution < -0.4 is 0 Å². The molecule has 0 rings (SSSR count). The summed E-state index contributed by atoms with van der Waals surface area (Å²) >= 11 is 1.50. The van der Waals surface area contributed by atoms with E-state index in [1.807, 2.05) is 0 Å². The van der Waals surface area contributed by atoms with Crippen molar-refractivity contribution in [2.24, 2.45) is 0 Å². The Morgan fingerprint density at radius 1 is 0.455 bits per heavy atom. The molecule has 2 nitrogen and oxygen atoms in total. The third-order valence-corrected chi connectivity index (χ3v) is 7.65. The molecule has 0 aliphatic carbocycles. The van der Waals surface area contributed by atoms with Gasteiger partial charge in [-0.3, -0.25) is 4.79 Å². The summed E-state index contributed by atoms with van der Waals surface area (Å²) in [6.07, 6.45) is 34.9. The van der Waals surface area contributed by atoms with Crippen LogP contribution in [0.4, 0.5) is 0 Å². The molecule has 0 spiro atoms. The van der Waals surface area contributed by atoms with Gasteiger partial charge in [-0.2, -0.15) is 0 Å². The summed E-state index contributed by atoms with van der Waals surface area (Å²) in [7, 11) is 0. The third-order valence-electron chi connectivity index (χ3n) is 6.60. The fraction of sp³-hybridized carbons (Fsp3) is 0.967. The molecule has 0 fully saturated rings. The van der Waals surface area contributed by atoms with E-state index in [1.54, 1.807) is 0 Å². The minimum atomic E-state index is -0.653. The molecule has 0 bridgehead atoms. The molecule has 0 aromatic rings. The van der Waals surface area contributed by atoms with Crippen molar-refractivity contribution in [1.29, 1.82) is 0 Å². The van der Waals surface area contributed by atoms with E-state index in [1.165, 1.54) is 171 Å². The van der Waals surface area contributed by atoms with Crippen molar-refractivity contribution < 1.29 is 28.2 Å². The molecule has 0 amide bonds. The van der Waals surface area contributed by atoms with Gasteiger partial charge < -0.3 is 5.11 Å². The zero-order chi connectivity index (χ0) is 24.7. The monoisotopic (exact) mass is 517 g/mol. The van der Waals surface area contributed by atoms with Gasteiger partial charge in [0.15, 0.2) is 0 Å². The second kappa shape index (κ2) is 34.3. The van der Waals surface area contributed by atoms with Crippen LogP contribution in [0, 0.1) is 0 Å². The molecule has 195 valence electrons. The van der Waals surface area contributed by atoms with Gasteiger partial charge in [-0.05, 0) is 6.42 Å². The zero-order valence-corrected chi connectivity index (χ0v) is 26.1. The Morgan fingerprint density at radius 3 is 0.939 bits per heavy atom. The Bertz CT molecular complexity index is 336. The van der Waals surface area contributed by atoms with Gasteiger partial charge in [0.1, 0.15) is 0 Å². The quantitative estimate of drug-likeness (QED) is 0.0912. The second-order valence-electron chi connectivity index (χ2n) is 10.1. The van der Waals surface area contributed by atoms with Crippen molar-refractivity contribution in [3.05, 3.63) is 0 Å². The molecule has 0 heterocycles. The van der Waals surface area contributed by atoms with E-state index in [0.717, 1.165) is 12.8 Å². The molecule has 33 heavy (non-hydrogen) atoms. The summed E-state index contributed by atoms with van der Waals surface area (Å²) in [5, 5.41) is 10.0. The summed E-state index contributed by atoms with van der Waals surface area (Å²) < 4.78 is 0. The number of hydrogen-bond donors (Lipinski definition) is 1. The van der Waals surface area contributed by atoms with Crippen LogP contribution >= 0.6 is 0 Å². The molecule has 0 aromatic heterocycles. The first-order valence-corrected chi connectivity index (χ1v) is 17.3. The molecule has 0 saturated heterocycles. The van der Waals surface area contributed by atoms with Crippen molar-refractivity contribution in [2.75, 3.05) is 0 Å². The van der Waals surface area contributed by atoms with Gasteiger partial charge in [0.25, 0.3) is 0 Å². The van der Waals surface area contributed by atoms with Crippen LogP contribution in [0.3, 0.4) is 0 Å². The average molecular weight is 519 g/mol. The van der Waals surface area contributed by atoms with Crippen LogP contribution in [0.5, 0.6) is 0 Å². The number of carboxylic acid groups (broad SMARTS) is 1. The topological polar surface area (TPSA) is 37.3 Å². The van der Waals surface area contributed by atoms with Gasteiger partial charge >= 0.3 is 100 Å². The van der Waals surface area contributed by atoms with E-state index in [9.17, 15) is 4.79 Å². The van der Waals surface area contributed by atoms with Crippen molar-refractivity contribution in [3.63, 3.8) is 0 Å². The van der Waals surface area contributed by atoms with E-state index >= 15 is 0 Å². The number of carbonyl (C=O) groups is 1. The van der Waals surface area contributed by atoms with Crippen LogP contribution in [0.15, 0.2) is 0 Å². The van der Waals surface area contributed by atoms with Crippen LogP contribution in [-0.4, -0.2) is 11.1 Å². The molecule has 0 atom stereocenters. The summed E-state index contributed by atoms with van der Waals surface area (Å²) in [6.45, 7) is 4.56. The molecule has 3 heteroatoms.